The van der Waals surface area contributed by atoms with Crippen molar-refractivity contribution in [2.24, 2.45) is 9.39 Å². The zero-order valence-corrected chi connectivity index (χ0v) is 16.8. The fourth-order valence-corrected chi connectivity index (χ4v) is 4.62. The lowest BCUT2D eigenvalue weighted by molar-refractivity contribution is -0.114. The number of carboxylic acid groups (broad SMARTS) is 1. The van der Waals surface area contributed by atoms with Gasteiger partial charge in [0.1, 0.15) is 17.4 Å². The molecular weight excluding hydrogens is 432 g/mol. The Hall–Kier alpha value is -3.51. The molecule has 2 aromatic rings. The normalized spacial score (nSPS) is 17.8. The van der Waals surface area contributed by atoms with Crippen LogP contribution in [0.4, 0.5) is 0 Å². The minimum atomic E-state index is -3.74. The Morgan fingerprint density at radius 3 is 2.77 bits per heavy atom. The molecule has 12 heteroatoms. The van der Waals surface area contributed by atoms with Crippen LogP contribution in [0, 0.1) is 5.41 Å². The number of nitrogens with one attached hydrogen (secondary N) is 1. The maximum absolute atomic E-state index is 12.4. The van der Waals surface area contributed by atoms with Crippen LogP contribution >= 0.6 is 11.9 Å². The Bertz CT molecular complexity index is 1320. The van der Waals surface area contributed by atoms with Gasteiger partial charge >= 0.3 is 5.97 Å². The van der Waals surface area contributed by atoms with Crippen LogP contribution in [0.5, 0.6) is 0 Å². The highest BCUT2D eigenvalue weighted by Gasteiger charge is 2.41. The van der Waals surface area contributed by atoms with E-state index in [0.29, 0.717) is 23.3 Å². The molecule has 152 valence electrons. The largest absolute Gasteiger partial charge is 0.478 e. The number of rotatable bonds is 3. The number of carbonyl (C=O) groups is 2. The third kappa shape index (κ3) is 3.46. The second kappa shape index (κ2) is 7.07. The molecule has 0 radical (unpaired) electrons. The highest BCUT2D eigenvalue weighted by Crippen LogP contribution is 2.30. The number of sulfone groups is 1. The van der Waals surface area contributed by atoms with Crippen LogP contribution in [0.1, 0.15) is 16.1 Å². The van der Waals surface area contributed by atoms with E-state index >= 15 is 0 Å². The first-order valence-electron chi connectivity index (χ1n) is 8.27. The number of amidine groups is 3. The molecule has 30 heavy (non-hydrogen) atoms. The smallest absolute Gasteiger partial charge is 0.335 e. The van der Waals surface area contributed by atoms with Crippen LogP contribution in [-0.2, 0) is 14.6 Å². The molecule has 1 aromatic carbocycles. The van der Waals surface area contributed by atoms with Gasteiger partial charge < -0.3 is 9.52 Å². The molecule has 2 N–H and O–H groups in total. The van der Waals surface area contributed by atoms with Crippen molar-refractivity contribution < 1.29 is 27.5 Å². The van der Waals surface area contributed by atoms with Crippen molar-refractivity contribution in [2.45, 2.75) is 0 Å². The van der Waals surface area contributed by atoms with Crippen LogP contribution < -0.4 is 0 Å². The van der Waals surface area contributed by atoms with Crippen molar-refractivity contribution in [1.29, 1.82) is 5.41 Å². The van der Waals surface area contributed by atoms with Gasteiger partial charge in [0.15, 0.2) is 0 Å². The number of fused-ring (bicyclic) bond motifs is 1. The van der Waals surface area contributed by atoms with E-state index in [4.69, 9.17) is 14.9 Å². The van der Waals surface area contributed by atoms with Gasteiger partial charge in [-0.05, 0) is 30.3 Å². The molecule has 10 nitrogen and oxygen atoms in total. The Kier molecular flexibility index (Phi) is 4.67. The summed E-state index contributed by atoms with van der Waals surface area (Å²) in [7, 11) is -3.74. The molecule has 0 aliphatic carbocycles. The predicted octanol–water partition coefficient (Wildman–Crippen LogP) is 2.27. The summed E-state index contributed by atoms with van der Waals surface area (Å²) in [5.41, 5.74) is 0.444. The first kappa shape index (κ1) is 19.8. The van der Waals surface area contributed by atoms with Gasteiger partial charge in [0, 0.05) is 11.8 Å². The molecule has 0 spiro atoms. The SMILES string of the molecule is CS(=O)(=O)C1=NSC2=NC(=O)C(=Cc3ccc(-c4cccc(C(=O)O)c4)o3)C(=N)N21. The number of benzene rings is 1. The molecule has 0 bridgehead atoms. The summed E-state index contributed by atoms with van der Waals surface area (Å²) in [4.78, 5) is 28.3. The summed E-state index contributed by atoms with van der Waals surface area (Å²) < 4.78 is 33.3. The van der Waals surface area contributed by atoms with Crippen molar-refractivity contribution in [3.63, 3.8) is 0 Å². The molecular formula is C18H12N4O6S2. The number of hydrogen-bond donors (Lipinski definition) is 2. The molecule has 1 amide bonds. The van der Waals surface area contributed by atoms with E-state index in [1.807, 2.05) is 0 Å². The number of aliphatic imine (C=N–C) groups is 1. The topological polar surface area (TPSA) is 153 Å². The van der Waals surface area contributed by atoms with E-state index < -0.39 is 21.7 Å². The monoisotopic (exact) mass is 444 g/mol. The molecule has 0 saturated heterocycles. The third-order valence-electron chi connectivity index (χ3n) is 4.13. The Morgan fingerprint density at radius 2 is 2.07 bits per heavy atom. The van der Waals surface area contributed by atoms with Crippen LogP contribution in [0.3, 0.4) is 0 Å². The maximum Gasteiger partial charge on any atom is 0.335 e. The standard InChI is InChI=1S/C18H12N4O6S2/c1-30(26,27)18-21-29-17-20-15(23)12(14(19)22(17)18)8-11-5-6-13(28-11)9-3-2-4-10(7-9)16(24)25/h2-8,19H,1H3,(H,24,25). The quantitative estimate of drug-likeness (QED) is 0.540. The lowest BCUT2D eigenvalue weighted by atomic mass is 10.1. The van der Waals surface area contributed by atoms with E-state index in [1.165, 1.54) is 18.2 Å². The zero-order valence-electron chi connectivity index (χ0n) is 15.2. The summed E-state index contributed by atoms with van der Waals surface area (Å²) in [5, 5.41) is 17.0. The number of aromatic carboxylic acids is 1. The summed E-state index contributed by atoms with van der Waals surface area (Å²) in [6.45, 7) is 0. The minimum Gasteiger partial charge on any atom is -0.478 e. The van der Waals surface area contributed by atoms with E-state index in [-0.39, 0.29) is 33.1 Å². The molecule has 1 aromatic heterocycles. The first-order valence-corrected chi connectivity index (χ1v) is 10.9. The van der Waals surface area contributed by atoms with E-state index in [0.717, 1.165) is 11.2 Å². The van der Waals surface area contributed by atoms with E-state index in [9.17, 15) is 18.0 Å². The minimum absolute atomic E-state index is 0.00630. The highest BCUT2D eigenvalue weighted by atomic mass is 32.2. The lowest BCUT2D eigenvalue weighted by Gasteiger charge is -2.23. The molecule has 0 fully saturated rings. The molecule has 2 aliphatic heterocycles. The van der Waals surface area contributed by atoms with Gasteiger partial charge in [-0.2, -0.15) is 9.39 Å². The number of amides is 1. The van der Waals surface area contributed by atoms with Crippen LogP contribution in [0.2, 0.25) is 0 Å². The van der Waals surface area contributed by atoms with Gasteiger partial charge in [0.25, 0.3) is 5.91 Å². The van der Waals surface area contributed by atoms with Gasteiger partial charge in [0.2, 0.25) is 20.2 Å². The Labute approximate surface area is 174 Å². The van der Waals surface area contributed by atoms with Gasteiger partial charge in [0.05, 0.1) is 23.1 Å². The molecule has 3 heterocycles. The van der Waals surface area contributed by atoms with Crippen LogP contribution in [-0.4, -0.2) is 52.7 Å². The van der Waals surface area contributed by atoms with Crippen molar-refractivity contribution in [2.75, 3.05) is 6.26 Å². The first-order chi connectivity index (χ1) is 14.1. The number of carbonyl (C=O) groups excluding carboxylic acids is 1. The lowest BCUT2D eigenvalue weighted by Crippen LogP contribution is -2.45. The number of furan rings is 1. The molecule has 0 saturated carbocycles. The summed E-state index contributed by atoms with van der Waals surface area (Å²) in [5.74, 6) is -1.62. The predicted molar refractivity (Wildman–Crippen MR) is 111 cm³/mol. The number of carboxylic acids is 1. The van der Waals surface area contributed by atoms with E-state index in [2.05, 4.69) is 9.39 Å². The van der Waals surface area contributed by atoms with Gasteiger partial charge in [-0.15, -0.1) is 0 Å². The second-order valence-corrected chi connectivity index (χ2v) is 8.91. The fraction of sp³-hybridized carbons (Fsp3) is 0.0556. The van der Waals surface area contributed by atoms with E-state index in [1.54, 1.807) is 24.3 Å². The van der Waals surface area contributed by atoms with Gasteiger partial charge in [-0.25, -0.2) is 18.1 Å². The number of hydrogen-bond acceptors (Lipinski definition) is 8. The second-order valence-electron chi connectivity index (χ2n) is 6.27. The van der Waals surface area contributed by atoms with Crippen molar-refractivity contribution in [3.8, 4) is 11.3 Å². The average molecular weight is 444 g/mol. The van der Waals surface area contributed by atoms with Gasteiger partial charge in [-0.3, -0.25) is 10.2 Å². The molecule has 0 unspecified atom stereocenters. The highest BCUT2D eigenvalue weighted by molar-refractivity contribution is 8.16. The molecule has 2 aliphatic rings. The fourth-order valence-electron chi connectivity index (χ4n) is 2.77. The average Bonchev–Trinajstić information content (AvgIpc) is 3.32. The molecule has 0 atom stereocenters. The van der Waals surface area contributed by atoms with Crippen molar-refractivity contribution in [3.05, 3.63) is 53.3 Å². The van der Waals surface area contributed by atoms with Crippen molar-refractivity contribution in [1.82, 2.24) is 4.90 Å². The Balaban J connectivity index is 1.69. The van der Waals surface area contributed by atoms with Crippen molar-refractivity contribution >= 4 is 55.9 Å². The Morgan fingerprint density at radius 1 is 1.30 bits per heavy atom. The van der Waals surface area contributed by atoms with Gasteiger partial charge in [-0.1, -0.05) is 12.1 Å². The summed E-state index contributed by atoms with van der Waals surface area (Å²) in [6, 6.07) is 9.27. The summed E-state index contributed by atoms with van der Waals surface area (Å²) >= 11 is 0.707. The number of nitrogens with zero attached hydrogens (tertiary/aromatic N) is 3. The van der Waals surface area contributed by atoms with Crippen LogP contribution in [0.25, 0.3) is 17.4 Å². The maximum atomic E-state index is 12.4. The van der Waals surface area contributed by atoms with Crippen LogP contribution in [0.15, 0.2) is 55.8 Å². The third-order valence-corrected chi connectivity index (χ3v) is 5.89. The zero-order chi connectivity index (χ0) is 21.6. The molecule has 4 rings (SSSR count). The summed E-state index contributed by atoms with van der Waals surface area (Å²) in [6.07, 6.45) is 2.23.